The lowest BCUT2D eigenvalue weighted by atomic mass is 10.2. The van der Waals surface area contributed by atoms with E-state index in [4.69, 9.17) is 0 Å². The molecule has 17 heavy (non-hydrogen) atoms. The van der Waals surface area contributed by atoms with Crippen molar-refractivity contribution in [3.05, 3.63) is 35.9 Å². The maximum atomic E-state index is 11.8. The van der Waals surface area contributed by atoms with Crippen LogP contribution in [0.3, 0.4) is 0 Å². The number of rotatable bonds is 2. The first kappa shape index (κ1) is 11.8. The van der Waals surface area contributed by atoms with Gasteiger partial charge in [0.2, 0.25) is 0 Å². The number of nitrogens with one attached hydrogen (secondary N) is 1. The lowest BCUT2D eigenvalue weighted by Gasteiger charge is -2.03. The lowest BCUT2D eigenvalue weighted by molar-refractivity contribution is 0.0954. The van der Waals surface area contributed by atoms with Crippen LogP contribution in [0.25, 0.3) is 0 Å². The highest BCUT2D eigenvalue weighted by atomic mass is 16.2. The number of benzene rings is 1. The summed E-state index contributed by atoms with van der Waals surface area (Å²) in [7, 11) is 0. The Morgan fingerprint density at radius 1 is 1.00 bits per heavy atom. The highest BCUT2D eigenvalue weighted by Crippen LogP contribution is 2.14. The highest BCUT2D eigenvalue weighted by Gasteiger charge is 2.07. The molecular weight excluding hydrogens is 212 g/mol. The summed E-state index contributed by atoms with van der Waals surface area (Å²) in [5.74, 6) is -0.123. The van der Waals surface area contributed by atoms with Crippen molar-refractivity contribution in [2.24, 2.45) is 5.10 Å². The minimum atomic E-state index is -0.123. The molecule has 2 rings (SSSR count). The Labute approximate surface area is 102 Å². The summed E-state index contributed by atoms with van der Waals surface area (Å²) >= 11 is 0. The van der Waals surface area contributed by atoms with Crippen LogP contribution in [-0.4, -0.2) is 11.6 Å². The summed E-state index contributed by atoms with van der Waals surface area (Å²) in [5.41, 5.74) is 4.43. The third-order valence-electron chi connectivity index (χ3n) is 3.03. The number of carbonyl (C=O) groups is 1. The smallest absolute Gasteiger partial charge is 0.267 e. The quantitative estimate of drug-likeness (QED) is 0.615. The highest BCUT2D eigenvalue weighted by molar-refractivity contribution is 5.95. The van der Waals surface area contributed by atoms with E-state index in [2.05, 4.69) is 10.5 Å². The van der Waals surface area contributed by atoms with Crippen LogP contribution >= 0.6 is 0 Å². The molecule has 0 radical (unpaired) electrons. The molecule has 0 unspecified atom stereocenters. The largest absolute Gasteiger partial charge is 0.271 e. The van der Waals surface area contributed by atoms with E-state index in [1.54, 1.807) is 12.1 Å². The molecule has 0 atom stereocenters. The molecule has 0 aromatic heterocycles. The van der Waals surface area contributed by atoms with Gasteiger partial charge >= 0.3 is 0 Å². The predicted octanol–water partition coefficient (Wildman–Crippen LogP) is 3.13. The molecular formula is C14H18N2O. The number of carbonyl (C=O) groups excluding carboxylic acids is 1. The lowest BCUT2D eigenvalue weighted by Crippen LogP contribution is -2.19. The van der Waals surface area contributed by atoms with E-state index in [-0.39, 0.29) is 5.91 Å². The molecule has 1 aliphatic rings. The van der Waals surface area contributed by atoms with Gasteiger partial charge in [0, 0.05) is 11.3 Å². The molecule has 1 N–H and O–H groups in total. The Hall–Kier alpha value is -1.64. The van der Waals surface area contributed by atoms with Crippen LogP contribution in [0.15, 0.2) is 35.4 Å². The third kappa shape index (κ3) is 3.70. The van der Waals surface area contributed by atoms with Crippen molar-refractivity contribution in [3.63, 3.8) is 0 Å². The average Bonchev–Trinajstić information content (AvgIpc) is 2.65. The summed E-state index contributed by atoms with van der Waals surface area (Å²) in [6.45, 7) is 0. The number of hydrazone groups is 1. The van der Waals surface area contributed by atoms with E-state index < -0.39 is 0 Å². The van der Waals surface area contributed by atoms with Gasteiger partial charge in [-0.15, -0.1) is 0 Å². The molecule has 0 aliphatic heterocycles. The Kier molecular flexibility index (Phi) is 4.30. The van der Waals surface area contributed by atoms with E-state index >= 15 is 0 Å². The monoisotopic (exact) mass is 230 g/mol. The SMILES string of the molecule is O=C(NN=C1CCCCCC1)c1ccccc1. The van der Waals surface area contributed by atoms with Gasteiger partial charge in [-0.3, -0.25) is 4.79 Å². The van der Waals surface area contributed by atoms with Crippen LogP contribution < -0.4 is 5.43 Å². The topological polar surface area (TPSA) is 41.5 Å². The molecule has 1 fully saturated rings. The second kappa shape index (κ2) is 6.18. The second-order valence-corrected chi connectivity index (χ2v) is 4.40. The molecule has 1 aromatic carbocycles. The molecule has 90 valence electrons. The molecule has 0 heterocycles. The van der Waals surface area contributed by atoms with Gasteiger partial charge in [0.15, 0.2) is 0 Å². The standard InChI is InChI=1S/C14H18N2O/c17-14(12-8-4-3-5-9-12)16-15-13-10-6-1-2-7-11-13/h3-5,8-9H,1-2,6-7,10-11H2,(H,16,17). The minimum Gasteiger partial charge on any atom is -0.267 e. The Bertz CT molecular complexity index is 388. The van der Waals surface area contributed by atoms with Crippen molar-refractivity contribution in [1.82, 2.24) is 5.43 Å². The molecule has 0 spiro atoms. The first-order valence-corrected chi connectivity index (χ1v) is 6.27. The molecule has 3 heteroatoms. The summed E-state index contributed by atoms with van der Waals surface area (Å²) < 4.78 is 0. The van der Waals surface area contributed by atoms with Crippen LogP contribution in [0.4, 0.5) is 0 Å². The summed E-state index contributed by atoms with van der Waals surface area (Å²) in [5, 5.41) is 4.24. The third-order valence-corrected chi connectivity index (χ3v) is 3.03. The van der Waals surface area contributed by atoms with E-state index in [1.807, 2.05) is 18.2 Å². The average molecular weight is 230 g/mol. The van der Waals surface area contributed by atoms with Crippen molar-refractivity contribution >= 4 is 11.6 Å². The Morgan fingerprint density at radius 2 is 1.65 bits per heavy atom. The molecule has 3 nitrogen and oxygen atoms in total. The van der Waals surface area contributed by atoms with Crippen LogP contribution in [0.1, 0.15) is 48.9 Å². The fraction of sp³-hybridized carbons (Fsp3) is 0.429. The zero-order valence-corrected chi connectivity index (χ0v) is 9.98. The molecule has 1 aromatic rings. The Balaban J connectivity index is 1.92. The fourth-order valence-corrected chi connectivity index (χ4v) is 2.03. The molecule has 1 amide bonds. The molecule has 0 saturated heterocycles. The minimum absolute atomic E-state index is 0.123. The maximum Gasteiger partial charge on any atom is 0.271 e. The van der Waals surface area contributed by atoms with Crippen molar-refractivity contribution < 1.29 is 4.79 Å². The summed E-state index contributed by atoms with van der Waals surface area (Å²) in [4.78, 5) is 11.8. The van der Waals surface area contributed by atoms with E-state index in [1.165, 1.54) is 25.7 Å². The Morgan fingerprint density at radius 3 is 2.29 bits per heavy atom. The van der Waals surface area contributed by atoms with Gasteiger partial charge in [-0.05, 0) is 37.8 Å². The maximum absolute atomic E-state index is 11.8. The van der Waals surface area contributed by atoms with E-state index in [9.17, 15) is 4.79 Å². The summed E-state index contributed by atoms with van der Waals surface area (Å²) in [6, 6.07) is 9.20. The van der Waals surface area contributed by atoms with Crippen LogP contribution in [-0.2, 0) is 0 Å². The van der Waals surface area contributed by atoms with Gasteiger partial charge in [-0.1, -0.05) is 31.0 Å². The van der Waals surface area contributed by atoms with Gasteiger partial charge in [-0.25, -0.2) is 5.43 Å². The number of hydrogen-bond acceptors (Lipinski definition) is 2. The van der Waals surface area contributed by atoms with Crippen molar-refractivity contribution in [2.45, 2.75) is 38.5 Å². The first-order chi connectivity index (χ1) is 8.36. The zero-order valence-electron chi connectivity index (χ0n) is 9.98. The predicted molar refractivity (Wildman–Crippen MR) is 69.0 cm³/mol. The molecule has 1 aliphatic carbocycles. The van der Waals surface area contributed by atoms with Gasteiger partial charge in [0.25, 0.3) is 5.91 Å². The van der Waals surface area contributed by atoms with Crippen LogP contribution in [0.5, 0.6) is 0 Å². The van der Waals surface area contributed by atoms with E-state index in [0.29, 0.717) is 5.56 Å². The van der Waals surface area contributed by atoms with Crippen molar-refractivity contribution in [1.29, 1.82) is 0 Å². The number of nitrogens with zero attached hydrogens (tertiary/aromatic N) is 1. The zero-order chi connectivity index (χ0) is 11.9. The number of hydrogen-bond donors (Lipinski definition) is 1. The number of amides is 1. The van der Waals surface area contributed by atoms with Crippen molar-refractivity contribution in [3.8, 4) is 0 Å². The van der Waals surface area contributed by atoms with Gasteiger partial charge in [0.05, 0.1) is 0 Å². The van der Waals surface area contributed by atoms with Crippen molar-refractivity contribution in [2.75, 3.05) is 0 Å². The second-order valence-electron chi connectivity index (χ2n) is 4.40. The van der Waals surface area contributed by atoms with Crippen LogP contribution in [0.2, 0.25) is 0 Å². The molecule has 0 bridgehead atoms. The van der Waals surface area contributed by atoms with Gasteiger partial charge in [-0.2, -0.15) is 5.10 Å². The van der Waals surface area contributed by atoms with Crippen LogP contribution in [0, 0.1) is 0 Å². The fourth-order valence-electron chi connectivity index (χ4n) is 2.03. The summed E-state index contributed by atoms with van der Waals surface area (Å²) in [6.07, 6.45) is 7.00. The van der Waals surface area contributed by atoms with Gasteiger partial charge in [0.1, 0.15) is 0 Å². The van der Waals surface area contributed by atoms with E-state index in [0.717, 1.165) is 18.6 Å². The first-order valence-electron chi connectivity index (χ1n) is 6.27. The van der Waals surface area contributed by atoms with Gasteiger partial charge < -0.3 is 0 Å². The molecule has 1 saturated carbocycles. The normalized spacial score (nSPS) is 16.1.